The Kier molecular flexibility index (Phi) is 23.3. The molecule has 0 heterocycles. The van der Waals surface area contributed by atoms with Gasteiger partial charge >= 0.3 is 0 Å². The lowest BCUT2D eigenvalue weighted by atomic mass is 10.0. The van der Waals surface area contributed by atoms with E-state index in [9.17, 15) is 0 Å². The zero-order chi connectivity index (χ0) is 12.5. The van der Waals surface area contributed by atoms with Gasteiger partial charge in [-0.15, -0.1) is 0 Å². The first-order chi connectivity index (χ1) is 7.83. The van der Waals surface area contributed by atoms with Crippen molar-refractivity contribution in [3.8, 4) is 0 Å². The minimum Gasteiger partial charge on any atom is -0.396 e. The fraction of sp³-hybridized carbons (Fsp3) is 1.00. The molecule has 0 atom stereocenters. The topological polar surface area (TPSA) is 40.5 Å². The normalized spacial score (nSPS) is 15.8. The maximum atomic E-state index is 7.88. The highest BCUT2D eigenvalue weighted by Gasteiger charge is 1.95. The summed E-state index contributed by atoms with van der Waals surface area (Å²) in [6.45, 7) is 4.50. The van der Waals surface area contributed by atoms with E-state index < -0.39 is 0 Å². The molecule has 0 aromatic heterocycles. The van der Waals surface area contributed by atoms with E-state index in [1.165, 1.54) is 51.4 Å². The first-order valence-electron chi connectivity index (χ1n) is 7.05. The summed E-state index contributed by atoms with van der Waals surface area (Å²) in [6, 6.07) is 0. The number of rotatable bonds is 2. The van der Waals surface area contributed by atoms with Gasteiger partial charge in [-0.2, -0.15) is 0 Å². The van der Waals surface area contributed by atoms with Gasteiger partial charge in [0, 0.05) is 13.2 Å². The molecular weight excluding hydrogens is 200 g/mol. The number of aliphatic hydroxyl groups is 2. The zero-order valence-corrected chi connectivity index (χ0v) is 11.4. The van der Waals surface area contributed by atoms with E-state index in [2.05, 4.69) is 0 Å². The van der Waals surface area contributed by atoms with Crippen molar-refractivity contribution >= 4 is 0 Å². The summed E-state index contributed by atoms with van der Waals surface area (Å²) in [5, 5.41) is 15.8. The van der Waals surface area contributed by atoms with Crippen LogP contribution in [0.4, 0.5) is 0 Å². The summed E-state index contributed by atoms with van der Waals surface area (Å²) in [5.41, 5.74) is 0. The number of hydrogen-bond donors (Lipinski definition) is 2. The molecule has 0 aromatic rings. The highest BCUT2D eigenvalue weighted by molar-refractivity contribution is 4.51. The largest absolute Gasteiger partial charge is 0.396 e. The van der Waals surface area contributed by atoms with Gasteiger partial charge in [0.15, 0.2) is 0 Å². The molecule has 0 radical (unpaired) electrons. The lowest BCUT2D eigenvalue weighted by Gasteiger charge is -2.05. The van der Waals surface area contributed by atoms with Crippen LogP contribution < -0.4 is 0 Å². The second-order valence-electron chi connectivity index (χ2n) is 4.28. The first-order valence-corrected chi connectivity index (χ1v) is 7.05. The van der Waals surface area contributed by atoms with E-state index in [1.807, 2.05) is 13.8 Å². The van der Waals surface area contributed by atoms with Crippen LogP contribution >= 0.6 is 0 Å². The molecular formula is C14H32O2. The lowest BCUT2D eigenvalue weighted by molar-refractivity contribution is 0.294. The van der Waals surface area contributed by atoms with Crippen molar-refractivity contribution in [2.24, 2.45) is 0 Å². The summed E-state index contributed by atoms with van der Waals surface area (Å²) in [5.74, 6) is 0. The Morgan fingerprint density at radius 2 is 0.688 bits per heavy atom. The van der Waals surface area contributed by atoms with Gasteiger partial charge in [-0.3, -0.25) is 0 Å². The van der Waals surface area contributed by atoms with Crippen molar-refractivity contribution < 1.29 is 10.2 Å². The molecule has 100 valence electrons. The summed E-state index contributed by atoms with van der Waals surface area (Å²) in [7, 11) is 0. The van der Waals surface area contributed by atoms with Gasteiger partial charge in [0.1, 0.15) is 0 Å². The van der Waals surface area contributed by atoms with E-state index >= 15 is 0 Å². The summed E-state index contributed by atoms with van der Waals surface area (Å²) >= 11 is 0. The predicted molar refractivity (Wildman–Crippen MR) is 71.7 cm³/mol. The second-order valence-corrected chi connectivity index (χ2v) is 4.28. The van der Waals surface area contributed by atoms with Crippen LogP contribution in [0.15, 0.2) is 0 Å². The van der Waals surface area contributed by atoms with Gasteiger partial charge in [-0.1, -0.05) is 65.2 Å². The third-order valence-corrected chi connectivity index (χ3v) is 2.45. The molecule has 1 saturated carbocycles. The van der Waals surface area contributed by atoms with Crippen LogP contribution in [0.5, 0.6) is 0 Å². The Morgan fingerprint density at radius 3 is 0.750 bits per heavy atom. The van der Waals surface area contributed by atoms with Crippen molar-refractivity contribution in [3.63, 3.8) is 0 Å². The maximum absolute atomic E-state index is 7.88. The van der Waals surface area contributed by atoms with E-state index in [-0.39, 0.29) is 0 Å². The van der Waals surface area contributed by atoms with Crippen LogP contribution in [0.3, 0.4) is 0 Å². The van der Waals surface area contributed by atoms with Crippen LogP contribution in [0.1, 0.15) is 78.1 Å². The highest BCUT2D eigenvalue weighted by atomic mass is 16.3. The van der Waals surface area contributed by atoms with Gasteiger partial charge in [0.05, 0.1) is 0 Å². The van der Waals surface area contributed by atoms with Gasteiger partial charge in [-0.25, -0.2) is 0 Å². The summed E-state index contributed by atoms with van der Waals surface area (Å²) in [4.78, 5) is 0. The van der Waals surface area contributed by atoms with E-state index in [4.69, 9.17) is 10.2 Å². The third-order valence-electron chi connectivity index (χ3n) is 2.45. The van der Waals surface area contributed by atoms with E-state index in [0.29, 0.717) is 13.2 Å². The SMILES string of the molecule is C1CCCCCCC1.CCCO.CCCO. The highest BCUT2D eigenvalue weighted by Crippen LogP contribution is 2.15. The van der Waals surface area contributed by atoms with Crippen LogP contribution in [-0.4, -0.2) is 23.4 Å². The van der Waals surface area contributed by atoms with E-state index in [1.54, 1.807) is 0 Å². The van der Waals surface area contributed by atoms with Crippen molar-refractivity contribution in [3.05, 3.63) is 0 Å². The molecule has 1 aliphatic carbocycles. The van der Waals surface area contributed by atoms with Gasteiger partial charge < -0.3 is 10.2 Å². The Bertz CT molecular complexity index is 62.7. The summed E-state index contributed by atoms with van der Waals surface area (Å²) in [6.07, 6.45) is 13.8. The molecule has 0 saturated heterocycles. The molecule has 16 heavy (non-hydrogen) atoms. The maximum Gasteiger partial charge on any atom is 0.0428 e. The average Bonchev–Trinajstić information content (AvgIpc) is 2.29. The second kappa shape index (κ2) is 20.3. The van der Waals surface area contributed by atoms with Gasteiger partial charge in [-0.05, 0) is 12.8 Å². The molecule has 0 aromatic carbocycles. The fourth-order valence-electron chi connectivity index (χ4n) is 1.41. The number of hydrogen-bond acceptors (Lipinski definition) is 2. The third kappa shape index (κ3) is 23.6. The quantitative estimate of drug-likeness (QED) is 0.758. The molecule has 1 aliphatic rings. The van der Waals surface area contributed by atoms with Crippen LogP contribution in [-0.2, 0) is 0 Å². The minimum atomic E-state index is 0.319. The van der Waals surface area contributed by atoms with Crippen LogP contribution in [0.2, 0.25) is 0 Å². The molecule has 1 fully saturated rings. The first kappa shape index (κ1) is 18.3. The van der Waals surface area contributed by atoms with Crippen molar-refractivity contribution in [1.82, 2.24) is 0 Å². The average molecular weight is 232 g/mol. The smallest absolute Gasteiger partial charge is 0.0428 e. The fourth-order valence-corrected chi connectivity index (χ4v) is 1.41. The van der Waals surface area contributed by atoms with Gasteiger partial charge in [0.25, 0.3) is 0 Å². The Hall–Kier alpha value is -0.0800. The van der Waals surface area contributed by atoms with Crippen molar-refractivity contribution in [2.45, 2.75) is 78.1 Å². The van der Waals surface area contributed by atoms with Crippen LogP contribution in [0, 0.1) is 0 Å². The number of aliphatic hydroxyl groups excluding tert-OH is 2. The Morgan fingerprint density at radius 1 is 0.562 bits per heavy atom. The van der Waals surface area contributed by atoms with Crippen LogP contribution in [0.25, 0.3) is 0 Å². The standard InChI is InChI=1S/C8H16.2C3H8O/c1-2-4-6-8-7-5-3-1;2*1-2-3-4/h1-8H2;2*4H,2-3H2,1H3. The molecule has 2 heteroatoms. The Balaban J connectivity index is 0. The van der Waals surface area contributed by atoms with Crippen molar-refractivity contribution in [1.29, 1.82) is 0 Å². The molecule has 2 N–H and O–H groups in total. The Labute approximate surface area is 102 Å². The van der Waals surface area contributed by atoms with Gasteiger partial charge in [0.2, 0.25) is 0 Å². The molecule has 0 aliphatic heterocycles. The molecule has 1 rings (SSSR count). The monoisotopic (exact) mass is 232 g/mol. The molecule has 2 nitrogen and oxygen atoms in total. The zero-order valence-electron chi connectivity index (χ0n) is 11.4. The molecule has 0 bridgehead atoms. The lowest BCUT2D eigenvalue weighted by Crippen LogP contribution is -1.85. The minimum absolute atomic E-state index is 0.319. The van der Waals surface area contributed by atoms with E-state index in [0.717, 1.165) is 12.8 Å². The molecule has 0 amide bonds. The molecule has 0 unspecified atom stereocenters. The predicted octanol–water partition coefficient (Wildman–Crippen LogP) is 3.90. The summed E-state index contributed by atoms with van der Waals surface area (Å²) < 4.78 is 0. The van der Waals surface area contributed by atoms with Crippen molar-refractivity contribution in [2.75, 3.05) is 13.2 Å². The molecule has 0 spiro atoms.